The first-order valence-corrected chi connectivity index (χ1v) is 18.6. The van der Waals surface area contributed by atoms with Gasteiger partial charge in [-0.05, 0) is 69.3 Å². The van der Waals surface area contributed by atoms with Gasteiger partial charge in [-0.15, -0.1) is 10.2 Å². The number of piperazine rings is 1. The second-order valence-electron chi connectivity index (χ2n) is 15.2. The molecule has 2 aliphatic heterocycles. The van der Waals surface area contributed by atoms with Crippen LogP contribution in [0.4, 0.5) is 16.6 Å². The van der Waals surface area contributed by atoms with Crippen LogP contribution >= 0.6 is 0 Å². The fourth-order valence-electron chi connectivity index (χ4n) is 7.38. The number of carbonyl (C=O) groups is 2. The SMILES string of the molecule is CC1CCCCN1c1nnc2ccc(O[C@@H]3CC[C@H](NC(=O)Nc4cc(C(C)(C)C)nn4CCN4CCN(C)CC4)c4ccccc43)cn12.O=CO. The van der Waals surface area contributed by atoms with Crippen molar-refractivity contribution in [1.82, 2.24) is 39.5 Å². The molecule has 7 rings (SSSR count). The Bertz CT molecular complexity index is 1810. The molecular weight excluding hydrogens is 660 g/mol. The molecule has 1 aliphatic carbocycles. The zero-order chi connectivity index (χ0) is 36.8. The van der Waals surface area contributed by atoms with Crippen LogP contribution in [0.15, 0.2) is 48.7 Å². The number of ether oxygens (including phenoxy) is 1. The Morgan fingerprint density at radius 3 is 2.46 bits per heavy atom. The number of benzene rings is 1. The van der Waals surface area contributed by atoms with Crippen LogP contribution in [-0.2, 0) is 16.8 Å². The molecule has 5 heterocycles. The summed E-state index contributed by atoms with van der Waals surface area (Å²) < 4.78 is 10.7. The number of nitrogens with zero attached hydrogens (tertiary/aromatic N) is 8. The van der Waals surface area contributed by atoms with Crippen molar-refractivity contribution >= 4 is 29.9 Å². The van der Waals surface area contributed by atoms with Gasteiger partial charge in [0.05, 0.1) is 24.5 Å². The molecule has 3 atom stereocenters. The minimum Gasteiger partial charge on any atom is -0.484 e. The lowest BCUT2D eigenvalue weighted by molar-refractivity contribution is -0.122. The quantitative estimate of drug-likeness (QED) is 0.205. The molecule has 2 saturated heterocycles. The molecule has 3 N–H and O–H groups in total. The van der Waals surface area contributed by atoms with E-state index in [4.69, 9.17) is 19.7 Å². The second-order valence-corrected chi connectivity index (χ2v) is 15.2. The molecule has 0 radical (unpaired) electrons. The number of urea groups is 1. The summed E-state index contributed by atoms with van der Waals surface area (Å²) in [6.07, 6.45) is 7.00. The van der Waals surface area contributed by atoms with E-state index < -0.39 is 0 Å². The molecule has 52 heavy (non-hydrogen) atoms. The number of hydrogen-bond donors (Lipinski definition) is 3. The molecule has 2 amide bonds. The summed E-state index contributed by atoms with van der Waals surface area (Å²) in [6.45, 7) is 15.3. The third kappa shape index (κ3) is 8.67. The Hall–Kier alpha value is -4.69. The number of fused-ring (bicyclic) bond motifs is 2. The molecule has 0 spiro atoms. The Morgan fingerprint density at radius 1 is 0.981 bits per heavy atom. The summed E-state index contributed by atoms with van der Waals surface area (Å²) >= 11 is 0. The molecule has 1 unspecified atom stereocenters. The molecule has 1 aromatic carbocycles. The molecule has 14 nitrogen and oxygen atoms in total. The Labute approximate surface area is 306 Å². The van der Waals surface area contributed by atoms with Crippen molar-refractivity contribution in [3.8, 4) is 5.75 Å². The highest BCUT2D eigenvalue weighted by Gasteiger charge is 2.31. The third-order valence-electron chi connectivity index (χ3n) is 10.5. The first-order chi connectivity index (χ1) is 25.0. The first kappa shape index (κ1) is 37.1. The summed E-state index contributed by atoms with van der Waals surface area (Å²) in [5.41, 5.74) is 3.83. The largest absolute Gasteiger partial charge is 0.484 e. The number of rotatable bonds is 8. The van der Waals surface area contributed by atoms with E-state index in [-0.39, 0.29) is 30.1 Å². The summed E-state index contributed by atoms with van der Waals surface area (Å²) in [7, 11) is 2.17. The zero-order valence-electron chi connectivity index (χ0n) is 31.2. The molecule has 0 saturated carbocycles. The number of hydrogen-bond acceptors (Lipinski definition) is 9. The molecule has 280 valence electrons. The predicted octanol–water partition coefficient (Wildman–Crippen LogP) is 5.33. The van der Waals surface area contributed by atoms with Gasteiger partial charge in [-0.2, -0.15) is 5.10 Å². The van der Waals surface area contributed by atoms with Gasteiger partial charge in [-0.1, -0.05) is 45.0 Å². The van der Waals surface area contributed by atoms with Gasteiger partial charge in [0.25, 0.3) is 6.47 Å². The Balaban J connectivity index is 0.00000150. The number of likely N-dealkylation sites (N-methyl/N-ethyl adjacent to an activating group) is 1. The van der Waals surface area contributed by atoms with Crippen LogP contribution in [0.1, 0.15) is 88.8 Å². The van der Waals surface area contributed by atoms with E-state index in [2.05, 4.69) is 86.8 Å². The number of carboxylic acid groups (broad SMARTS) is 1. The van der Waals surface area contributed by atoms with E-state index in [0.717, 1.165) is 105 Å². The number of pyridine rings is 1. The normalized spacial score (nSPS) is 21.2. The van der Waals surface area contributed by atoms with Gasteiger partial charge in [0.15, 0.2) is 5.65 Å². The van der Waals surface area contributed by atoms with Gasteiger partial charge >= 0.3 is 6.03 Å². The molecule has 4 aromatic rings. The van der Waals surface area contributed by atoms with Crippen molar-refractivity contribution in [2.75, 3.05) is 56.5 Å². The first-order valence-electron chi connectivity index (χ1n) is 18.6. The summed E-state index contributed by atoms with van der Waals surface area (Å²) in [4.78, 5) is 29.1. The monoisotopic (exact) mass is 714 g/mol. The maximum absolute atomic E-state index is 13.6. The minimum absolute atomic E-state index is 0.129. The van der Waals surface area contributed by atoms with E-state index in [1.165, 1.54) is 12.8 Å². The molecule has 0 bridgehead atoms. The number of piperidine rings is 1. The fraction of sp³-hybridized carbons (Fsp3) is 0.553. The average molecular weight is 715 g/mol. The number of nitrogens with one attached hydrogen (secondary N) is 2. The van der Waals surface area contributed by atoms with E-state index in [1.807, 2.05) is 41.2 Å². The number of carbonyl (C=O) groups excluding carboxylic acids is 1. The Morgan fingerprint density at radius 2 is 1.73 bits per heavy atom. The topological polar surface area (TPSA) is 145 Å². The van der Waals surface area contributed by atoms with Crippen LogP contribution < -0.4 is 20.3 Å². The van der Waals surface area contributed by atoms with Gasteiger partial charge < -0.3 is 25.0 Å². The number of amides is 2. The van der Waals surface area contributed by atoms with E-state index in [0.29, 0.717) is 6.04 Å². The highest BCUT2D eigenvalue weighted by Crippen LogP contribution is 2.39. The lowest BCUT2D eigenvalue weighted by Crippen LogP contribution is -2.45. The van der Waals surface area contributed by atoms with Crippen LogP contribution in [0, 0.1) is 0 Å². The van der Waals surface area contributed by atoms with Gasteiger partial charge in [-0.25, -0.2) is 9.48 Å². The molecule has 2 fully saturated rings. The minimum atomic E-state index is -0.250. The van der Waals surface area contributed by atoms with Crippen molar-refractivity contribution in [3.05, 3.63) is 65.5 Å². The smallest absolute Gasteiger partial charge is 0.320 e. The fourth-order valence-corrected chi connectivity index (χ4v) is 7.38. The lowest BCUT2D eigenvalue weighted by Gasteiger charge is -2.33. The summed E-state index contributed by atoms with van der Waals surface area (Å²) in [5, 5.41) is 27.2. The van der Waals surface area contributed by atoms with Gasteiger partial charge in [-0.3, -0.25) is 19.4 Å². The molecule has 3 aliphatic rings. The highest BCUT2D eigenvalue weighted by molar-refractivity contribution is 5.88. The van der Waals surface area contributed by atoms with Crippen molar-refractivity contribution in [2.45, 2.75) is 89.9 Å². The molecule has 3 aromatic heterocycles. The second kappa shape index (κ2) is 16.3. The van der Waals surface area contributed by atoms with Gasteiger partial charge in [0.1, 0.15) is 17.7 Å². The average Bonchev–Trinajstić information content (AvgIpc) is 3.74. The van der Waals surface area contributed by atoms with E-state index in [1.54, 1.807) is 0 Å². The van der Waals surface area contributed by atoms with Crippen molar-refractivity contribution in [3.63, 3.8) is 0 Å². The zero-order valence-corrected chi connectivity index (χ0v) is 31.2. The standard InChI is InChI=1S/C37H52N10O2.CH2O2/c1-26-10-8-9-17-45(26)36-41-40-33-16-13-27(25-46(33)36)49-31-15-14-30(28-11-6-7-12-29(28)31)38-35(48)39-34-24-32(37(2,3)4)42-47(34)23-22-44-20-18-43(5)19-21-44;2-1-3/h6-7,11-13,16,24-26,30-31H,8-10,14-15,17-23H2,1-5H3,(H2,38,39,48);1H,(H,2,3)/t26?,30-,31+;/m0./s1. The van der Waals surface area contributed by atoms with Crippen LogP contribution in [-0.4, -0.2) is 104 Å². The summed E-state index contributed by atoms with van der Waals surface area (Å²) in [6, 6.07) is 14.4. The van der Waals surface area contributed by atoms with E-state index >= 15 is 0 Å². The van der Waals surface area contributed by atoms with Crippen LogP contribution in [0.2, 0.25) is 0 Å². The number of anilines is 2. The lowest BCUT2D eigenvalue weighted by atomic mass is 9.85. The third-order valence-corrected chi connectivity index (χ3v) is 10.5. The maximum Gasteiger partial charge on any atom is 0.320 e. The van der Waals surface area contributed by atoms with Crippen LogP contribution in [0.5, 0.6) is 5.75 Å². The Kier molecular flexibility index (Phi) is 11.6. The number of aromatic nitrogens is 5. The maximum atomic E-state index is 13.6. The van der Waals surface area contributed by atoms with Crippen molar-refractivity contribution < 1.29 is 19.4 Å². The highest BCUT2D eigenvalue weighted by atomic mass is 16.5. The van der Waals surface area contributed by atoms with Crippen molar-refractivity contribution in [2.24, 2.45) is 0 Å². The molecular formula is C38H54N10O4. The van der Waals surface area contributed by atoms with Crippen molar-refractivity contribution in [1.29, 1.82) is 0 Å². The van der Waals surface area contributed by atoms with Crippen LogP contribution in [0.3, 0.4) is 0 Å². The van der Waals surface area contributed by atoms with Gasteiger partial charge in [0.2, 0.25) is 5.95 Å². The van der Waals surface area contributed by atoms with Gasteiger partial charge in [0, 0.05) is 56.8 Å². The molecule has 14 heteroatoms. The summed E-state index contributed by atoms with van der Waals surface area (Å²) in [5.74, 6) is 2.38. The van der Waals surface area contributed by atoms with Crippen LogP contribution in [0.25, 0.3) is 5.65 Å². The van der Waals surface area contributed by atoms with E-state index in [9.17, 15) is 4.79 Å². The predicted molar refractivity (Wildman–Crippen MR) is 201 cm³/mol.